The fraction of sp³-hybridized carbons (Fsp3) is 0.133. The van der Waals surface area contributed by atoms with Gasteiger partial charge >= 0.3 is 0 Å². The van der Waals surface area contributed by atoms with Crippen LogP contribution < -0.4 is 0 Å². The molecule has 2 aromatic rings. The minimum atomic E-state index is 0.0465. The third kappa shape index (κ3) is 3.40. The van der Waals surface area contributed by atoms with Crippen molar-refractivity contribution >= 4 is 39.1 Å². The first-order valence-electron chi connectivity index (χ1n) is 5.74. The molecule has 1 heterocycles. The number of hydrogen-bond donors (Lipinski definition) is 0. The smallest absolute Gasteiger partial charge is 0.195 e. The van der Waals surface area contributed by atoms with Crippen molar-refractivity contribution < 1.29 is 4.79 Å². The molecule has 1 aromatic heterocycles. The molecule has 0 spiro atoms. The van der Waals surface area contributed by atoms with E-state index in [2.05, 4.69) is 35.0 Å². The molecule has 18 heavy (non-hydrogen) atoms. The van der Waals surface area contributed by atoms with Crippen molar-refractivity contribution in [2.24, 2.45) is 0 Å². The molecule has 0 unspecified atom stereocenters. The minimum absolute atomic E-state index is 0.0465. The Morgan fingerprint density at radius 3 is 2.61 bits per heavy atom. The zero-order valence-corrected chi connectivity index (χ0v) is 12.4. The largest absolute Gasteiger partial charge is 0.288 e. The molecule has 0 fully saturated rings. The highest BCUT2D eigenvalue weighted by Crippen LogP contribution is 2.20. The summed E-state index contributed by atoms with van der Waals surface area (Å²) in [6, 6.07) is 10.1. The molecule has 0 aliphatic heterocycles. The first-order chi connectivity index (χ1) is 8.69. The molecule has 0 saturated heterocycles. The van der Waals surface area contributed by atoms with Gasteiger partial charge in [-0.15, -0.1) is 11.3 Å². The van der Waals surface area contributed by atoms with Gasteiger partial charge in [0.2, 0.25) is 0 Å². The molecule has 0 N–H and O–H groups in total. The summed E-state index contributed by atoms with van der Waals surface area (Å²) in [5.74, 6) is 0.0465. The highest BCUT2D eigenvalue weighted by atomic mass is 79.9. The predicted octanol–water partition coefficient (Wildman–Crippen LogP) is 4.97. The fourth-order valence-corrected chi connectivity index (χ4v) is 2.91. The summed E-state index contributed by atoms with van der Waals surface area (Å²) < 4.78 is 0.955. The van der Waals surface area contributed by atoms with E-state index in [0.29, 0.717) is 0 Å². The van der Waals surface area contributed by atoms with Gasteiger partial charge in [-0.3, -0.25) is 4.79 Å². The van der Waals surface area contributed by atoms with Crippen LogP contribution in [-0.4, -0.2) is 5.78 Å². The summed E-state index contributed by atoms with van der Waals surface area (Å²) in [6.07, 6.45) is 4.51. The van der Waals surface area contributed by atoms with Gasteiger partial charge in [0.15, 0.2) is 5.78 Å². The molecule has 0 aliphatic rings. The van der Waals surface area contributed by atoms with Gasteiger partial charge in [-0.25, -0.2) is 0 Å². The third-order valence-corrected chi connectivity index (χ3v) is 4.33. The Bertz CT molecular complexity index is 566. The van der Waals surface area contributed by atoms with E-state index < -0.39 is 0 Å². The molecular weight excluding hydrogens is 308 g/mol. The van der Waals surface area contributed by atoms with E-state index in [4.69, 9.17) is 0 Å². The van der Waals surface area contributed by atoms with E-state index in [0.717, 1.165) is 21.3 Å². The van der Waals surface area contributed by atoms with E-state index in [1.165, 1.54) is 16.9 Å². The Balaban J connectivity index is 2.08. The van der Waals surface area contributed by atoms with Crippen molar-refractivity contribution in [2.45, 2.75) is 13.3 Å². The van der Waals surface area contributed by atoms with Gasteiger partial charge in [0.05, 0.1) is 4.88 Å². The van der Waals surface area contributed by atoms with Gasteiger partial charge in [0.1, 0.15) is 0 Å². The number of allylic oxidation sites excluding steroid dienone is 1. The van der Waals surface area contributed by atoms with Crippen molar-refractivity contribution in [3.05, 3.63) is 62.3 Å². The Kier molecular flexibility index (Phi) is 4.50. The maximum absolute atomic E-state index is 11.9. The van der Waals surface area contributed by atoms with Crippen LogP contribution in [0.3, 0.4) is 0 Å². The van der Waals surface area contributed by atoms with Gasteiger partial charge in [0.25, 0.3) is 0 Å². The number of carbonyl (C=O) groups is 1. The van der Waals surface area contributed by atoms with Crippen LogP contribution >= 0.6 is 27.3 Å². The predicted molar refractivity (Wildman–Crippen MR) is 81.2 cm³/mol. The lowest BCUT2D eigenvalue weighted by atomic mass is 10.1. The number of hydrogen-bond acceptors (Lipinski definition) is 2. The summed E-state index contributed by atoms with van der Waals surface area (Å²) in [5.41, 5.74) is 2.36. The molecule has 0 aliphatic carbocycles. The molecule has 3 heteroatoms. The van der Waals surface area contributed by atoms with Crippen molar-refractivity contribution in [3.8, 4) is 0 Å². The lowest BCUT2D eigenvalue weighted by Gasteiger charge is -1.96. The van der Waals surface area contributed by atoms with Gasteiger partial charge in [-0.2, -0.15) is 0 Å². The monoisotopic (exact) mass is 320 g/mol. The summed E-state index contributed by atoms with van der Waals surface area (Å²) in [6.45, 7) is 2.13. The Labute approximate surface area is 119 Å². The molecule has 1 nitrogen and oxygen atoms in total. The first kappa shape index (κ1) is 13.2. The number of aryl methyl sites for hydroxylation is 1. The van der Waals surface area contributed by atoms with Crippen LogP contribution in [0.5, 0.6) is 0 Å². The average molecular weight is 321 g/mol. The van der Waals surface area contributed by atoms with Crippen LogP contribution in [0.4, 0.5) is 0 Å². The highest BCUT2D eigenvalue weighted by Gasteiger charge is 2.04. The first-order valence-corrected chi connectivity index (χ1v) is 7.41. The normalized spacial score (nSPS) is 11.0. The summed E-state index contributed by atoms with van der Waals surface area (Å²) in [7, 11) is 0. The van der Waals surface area contributed by atoms with Crippen molar-refractivity contribution in [1.82, 2.24) is 0 Å². The number of thiophene rings is 1. The van der Waals surface area contributed by atoms with E-state index in [9.17, 15) is 4.79 Å². The third-order valence-electron chi connectivity index (χ3n) is 2.63. The van der Waals surface area contributed by atoms with Crippen LogP contribution in [0.2, 0.25) is 0 Å². The summed E-state index contributed by atoms with van der Waals surface area (Å²) in [5, 5.41) is 1.91. The zero-order valence-electron chi connectivity index (χ0n) is 10.0. The molecule has 0 bridgehead atoms. The van der Waals surface area contributed by atoms with Crippen molar-refractivity contribution in [3.63, 3.8) is 0 Å². The van der Waals surface area contributed by atoms with E-state index >= 15 is 0 Å². The molecule has 1 aromatic carbocycles. The zero-order chi connectivity index (χ0) is 13.0. The molecule has 0 atom stereocenters. The van der Waals surface area contributed by atoms with Crippen LogP contribution in [0, 0.1) is 0 Å². The van der Waals surface area contributed by atoms with Crippen LogP contribution in [0.15, 0.2) is 46.3 Å². The SMILES string of the molecule is CCc1ccc(/C=C/C(=O)c2cc(Br)cs2)cc1. The summed E-state index contributed by atoms with van der Waals surface area (Å²) in [4.78, 5) is 12.6. The maximum Gasteiger partial charge on any atom is 0.195 e. The van der Waals surface area contributed by atoms with Crippen LogP contribution in [0.25, 0.3) is 6.08 Å². The number of carbonyl (C=O) groups excluding carboxylic acids is 1. The number of halogens is 1. The van der Waals surface area contributed by atoms with Crippen molar-refractivity contribution in [2.75, 3.05) is 0 Å². The fourth-order valence-electron chi connectivity index (χ4n) is 1.56. The molecule has 2 rings (SSSR count). The van der Waals surface area contributed by atoms with Crippen LogP contribution in [0.1, 0.15) is 27.7 Å². The summed E-state index contributed by atoms with van der Waals surface area (Å²) >= 11 is 4.80. The van der Waals surface area contributed by atoms with Gasteiger partial charge < -0.3 is 0 Å². The number of rotatable bonds is 4. The molecule has 0 amide bonds. The molecule has 0 radical (unpaired) electrons. The quantitative estimate of drug-likeness (QED) is 0.574. The topological polar surface area (TPSA) is 17.1 Å². The lowest BCUT2D eigenvalue weighted by molar-refractivity contribution is 0.105. The Morgan fingerprint density at radius 2 is 2.06 bits per heavy atom. The number of benzene rings is 1. The Morgan fingerprint density at radius 1 is 1.33 bits per heavy atom. The molecule has 92 valence electrons. The maximum atomic E-state index is 11.9. The van der Waals surface area contributed by atoms with Crippen molar-refractivity contribution in [1.29, 1.82) is 0 Å². The molecule has 0 saturated carbocycles. The van der Waals surface area contributed by atoms with E-state index in [1.807, 2.05) is 29.7 Å². The van der Waals surface area contributed by atoms with Gasteiger partial charge in [-0.1, -0.05) is 37.3 Å². The number of ketones is 1. The van der Waals surface area contributed by atoms with Crippen LogP contribution in [-0.2, 0) is 6.42 Å². The molecular formula is C15H13BrOS. The van der Waals surface area contributed by atoms with Gasteiger partial charge in [0, 0.05) is 9.85 Å². The minimum Gasteiger partial charge on any atom is -0.288 e. The second kappa shape index (κ2) is 6.12. The van der Waals surface area contributed by atoms with E-state index in [1.54, 1.807) is 6.08 Å². The second-order valence-corrected chi connectivity index (χ2v) is 5.75. The lowest BCUT2D eigenvalue weighted by Crippen LogP contribution is -1.88. The highest BCUT2D eigenvalue weighted by molar-refractivity contribution is 9.10. The average Bonchev–Trinajstić information content (AvgIpc) is 2.83. The van der Waals surface area contributed by atoms with E-state index in [-0.39, 0.29) is 5.78 Å². The Hall–Kier alpha value is -1.19. The standard InChI is InChI=1S/C15H13BrOS/c1-2-11-3-5-12(6-4-11)7-8-14(17)15-9-13(16)10-18-15/h3-10H,2H2,1H3/b8-7+. The second-order valence-electron chi connectivity index (χ2n) is 3.92. The van der Waals surface area contributed by atoms with Gasteiger partial charge in [-0.05, 0) is 45.6 Å².